The van der Waals surface area contributed by atoms with Gasteiger partial charge >= 0.3 is 0 Å². The van der Waals surface area contributed by atoms with Gasteiger partial charge in [-0.2, -0.15) is 0 Å². The number of nitrogens with zero attached hydrogens (tertiary/aromatic N) is 1. The predicted octanol–water partition coefficient (Wildman–Crippen LogP) is 3.43. The average Bonchev–Trinajstić information content (AvgIpc) is 2.91. The fourth-order valence-electron chi connectivity index (χ4n) is 2.05. The van der Waals surface area contributed by atoms with E-state index in [1.807, 2.05) is 0 Å². The van der Waals surface area contributed by atoms with Crippen LogP contribution in [-0.2, 0) is 4.79 Å². The van der Waals surface area contributed by atoms with Crippen LogP contribution in [0.1, 0.15) is 5.56 Å². The van der Waals surface area contributed by atoms with Gasteiger partial charge in [-0.15, -0.1) is 0 Å². The van der Waals surface area contributed by atoms with Gasteiger partial charge in [0.05, 0.1) is 17.7 Å². The molecule has 1 heterocycles. The van der Waals surface area contributed by atoms with Gasteiger partial charge in [0.2, 0.25) is 0 Å². The van der Waals surface area contributed by atoms with Crippen LogP contribution in [0.4, 0.5) is 10.1 Å². The number of thioether (sulfide) groups is 1. The second-order valence-electron chi connectivity index (χ2n) is 4.89. The van der Waals surface area contributed by atoms with Crippen LogP contribution in [0.25, 0.3) is 6.08 Å². The van der Waals surface area contributed by atoms with Crippen molar-refractivity contribution in [1.82, 2.24) is 5.32 Å². The summed E-state index contributed by atoms with van der Waals surface area (Å²) >= 11 is 1.18. The van der Waals surface area contributed by atoms with Crippen LogP contribution < -0.4 is 10.1 Å². The summed E-state index contributed by atoms with van der Waals surface area (Å²) in [6.07, 6.45) is 1.68. The number of rotatable bonds is 3. The highest BCUT2D eigenvalue weighted by molar-refractivity contribution is 8.18. The molecule has 0 bridgehead atoms. The van der Waals surface area contributed by atoms with Gasteiger partial charge in [0.15, 0.2) is 16.7 Å². The molecule has 0 aliphatic carbocycles. The number of amidine groups is 1. The number of methoxy groups -OCH3 is 1. The molecular weight excluding hydrogens is 331 g/mol. The average molecular weight is 344 g/mol. The maximum absolute atomic E-state index is 12.9. The topological polar surface area (TPSA) is 70.9 Å². The van der Waals surface area contributed by atoms with Gasteiger partial charge < -0.3 is 15.2 Å². The Morgan fingerprint density at radius 2 is 2.00 bits per heavy atom. The van der Waals surface area contributed by atoms with Crippen molar-refractivity contribution in [2.45, 2.75) is 0 Å². The summed E-state index contributed by atoms with van der Waals surface area (Å²) in [5.41, 5.74) is 1.26. The molecule has 1 saturated heterocycles. The molecule has 0 radical (unpaired) electrons. The molecule has 0 unspecified atom stereocenters. The Morgan fingerprint density at radius 1 is 1.25 bits per heavy atom. The van der Waals surface area contributed by atoms with E-state index in [4.69, 9.17) is 4.74 Å². The van der Waals surface area contributed by atoms with E-state index in [0.717, 1.165) is 0 Å². The summed E-state index contributed by atoms with van der Waals surface area (Å²) in [6, 6.07) is 10.5. The van der Waals surface area contributed by atoms with Crippen LogP contribution >= 0.6 is 11.8 Å². The number of aliphatic imine (C=N–C) groups is 1. The van der Waals surface area contributed by atoms with E-state index in [2.05, 4.69) is 10.3 Å². The third-order valence-corrected chi connectivity index (χ3v) is 4.12. The van der Waals surface area contributed by atoms with Gasteiger partial charge in [-0.25, -0.2) is 9.38 Å². The lowest BCUT2D eigenvalue weighted by Crippen LogP contribution is -2.19. The third-order valence-electron chi connectivity index (χ3n) is 3.21. The highest BCUT2D eigenvalue weighted by Crippen LogP contribution is 2.31. The number of benzene rings is 2. The number of halogens is 1. The van der Waals surface area contributed by atoms with Gasteiger partial charge in [0.1, 0.15) is 5.82 Å². The Balaban J connectivity index is 1.83. The van der Waals surface area contributed by atoms with Crippen molar-refractivity contribution in [1.29, 1.82) is 0 Å². The number of phenolic OH excluding ortho intramolecular Hbond substituents is 1. The molecule has 2 aromatic carbocycles. The third kappa shape index (κ3) is 3.57. The van der Waals surface area contributed by atoms with E-state index in [1.165, 1.54) is 49.2 Å². The van der Waals surface area contributed by atoms with Crippen molar-refractivity contribution in [2.75, 3.05) is 7.11 Å². The lowest BCUT2D eigenvalue weighted by atomic mass is 10.2. The highest BCUT2D eigenvalue weighted by Gasteiger charge is 2.23. The van der Waals surface area contributed by atoms with Crippen LogP contribution in [0.15, 0.2) is 52.4 Å². The fourth-order valence-corrected chi connectivity index (χ4v) is 2.89. The summed E-state index contributed by atoms with van der Waals surface area (Å²) in [7, 11) is 1.45. The summed E-state index contributed by atoms with van der Waals surface area (Å²) < 4.78 is 17.9. The lowest BCUT2D eigenvalue weighted by Gasteiger charge is -2.03. The Labute approximate surface area is 141 Å². The summed E-state index contributed by atoms with van der Waals surface area (Å²) in [5.74, 6) is -0.258. The number of amides is 1. The Hall–Kier alpha value is -2.80. The number of aromatic hydroxyl groups is 1. The van der Waals surface area contributed by atoms with Crippen LogP contribution in [0.3, 0.4) is 0 Å². The van der Waals surface area contributed by atoms with Gasteiger partial charge in [0, 0.05) is 0 Å². The van der Waals surface area contributed by atoms with Crippen LogP contribution in [-0.4, -0.2) is 23.3 Å². The first-order valence-electron chi connectivity index (χ1n) is 6.97. The number of carbonyl (C=O) groups excluding carboxylic acids is 1. The van der Waals surface area contributed by atoms with E-state index >= 15 is 0 Å². The first kappa shape index (κ1) is 16.1. The van der Waals surface area contributed by atoms with E-state index < -0.39 is 0 Å². The molecule has 122 valence electrons. The van der Waals surface area contributed by atoms with Crippen LogP contribution in [0, 0.1) is 5.82 Å². The highest BCUT2D eigenvalue weighted by atomic mass is 32.2. The van der Waals surface area contributed by atoms with Crippen LogP contribution in [0.2, 0.25) is 0 Å². The molecule has 0 atom stereocenters. The van der Waals surface area contributed by atoms with Crippen molar-refractivity contribution < 1.29 is 19.0 Å². The monoisotopic (exact) mass is 344 g/mol. The zero-order chi connectivity index (χ0) is 17.1. The maximum atomic E-state index is 12.9. The minimum Gasteiger partial charge on any atom is -0.504 e. The number of hydrogen-bond donors (Lipinski definition) is 2. The quantitative estimate of drug-likeness (QED) is 0.837. The second-order valence-corrected chi connectivity index (χ2v) is 5.92. The smallest absolute Gasteiger partial charge is 0.264 e. The Morgan fingerprint density at radius 3 is 2.71 bits per heavy atom. The molecule has 0 aromatic heterocycles. The summed E-state index contributed by atoms with van der Waals surface area (Å²) in [6.45, 7) is 0. The molecular formula is C17H13FN2O3S. The Bertz CT molecular complexity index is 847. The molecule has 3 rings (SSSR count). The molecule has 1 aliphatic heterocycles. The van der Waals surface area contributed by atoms with Gasteiger partial charge in [0.25, 0.3) is 5.91 Å². The van der Waals surface area contributed by atoms with Crippen molar-refractivity contribution in [2.24, 2.45) is 4.99 Å². The number of ether oxygens (including phenoxy) is 1. The number of hydrogen-bond acceptors (Lipinski definition) is 5. The minimum absolute atomic E-state index is 0.0294. The zero-order valence-electron chi connectivity index (χ0n) is 12.6. The predicted molar refractivity (Wildman–Crippen MR) is 91.9 cm³/mol. The number of phenols is 1. The molecule has 1 aliphatic rings. The van der Waals surface area contributed by atoms with Crippen molar-refractivity contribution in [3.05, 3.63) is 58.8 Å². The van der Waals surface area contributed by atoms with Crippen molar-refractivity contribution >= 4 is 34.6 Å². The van der Waals surface area contributed by atoms with Crippen LogP contribution in [0.5, 0.6) is 11.5 Å². The van der Waals surface area contributed by atoms with E-state index in [-0.39, 0.29) is 17.5 Å². The van der Waals surface area contributed by atoms with E-state index in [0.29, 0.717) is 27.1 Å². The van der Waals surface area contributed by atoms with Gasteiger partial charge in [-0.05, 0) is 59.8 Å². The Kier molecular flexibility index (Phi) is 4.52. The lowest BCUT2D eigenvalue weighted by molar-refractivity contribution is -0.115. The fraction of sp³-hybridized carbons (Fsp3) is 0.0588. The number of nitrogens with one attached hydrogen (secondary N) is 1. The van der Waals surface area contributed by atoms with E-state index in [9.17, 15) is 14.3 Å². The van der Waals surface area contributed by atoms with Gasteiger partial charge in [-0.3, -0.25) is 4.79 Å². The molecule has 2 N–H and O–H groups in total. The van der Waals surface area contributed by atoms with E-state index in [1.54, 1.807) is 18.2 Å². The molecule has 0 spiro atoms. The van der Waals surface area contributed by atoms with Gasteiger partial charge in [-0.1, -0.05) is 6.07 Å². The molecule has 5 nitrogen and oxygen atoms in total. The number of carbonyl (C=O) groups is 1. The van der Waals surface area contributed by atoms with Crippen molar-refractivity contribution in [3.63, 3.8) is 0 Å². The molecule has 24 heavy (non-hydrogen) atoms. The molecule has 7 heteroatoms. The standard InChI is InChI=1S/C17H13FN2O3S/c1-23-14-8-10(2-7-13(14)21)9-15-16(22)20-17(24-15)19-12-5-3-11(18)4-6-12/h2-9,21H,1H3,(H,19,20,22)/b15-9+. The SMILES string of the molecule is COc1cc(/C=C2/S/C(=N\c3ccc(F)cc3)NC2=O)ccc1O. The molecule has 1 amide bonds. The summed E-state index contributed by atoms with van der Waals surface area (Å²) in [5, 5.41) is 12.7. The zero-order valence-corrected chi connectivity index (χ0v) is 13.4. The molecule has 1 fully saturated rings. The first-order valence-corrected chi connectivity index (χ1v) is 7.79. The minimum atomic E-state index is -0.344. The first-order chi connectivity index (χ1) is 11.5. The second kappa shape index (κ2) is 6.76. The largest absolute Gasteiger partial charge is 0.504 e. The molecule has 0 saturated carbocycles. The maximum Gasteiger partial charge on any atom is 0.264 e. The normalized spacial score (nSPS) is 17.3. The summed E-state index contributed by atoms with van der Waals surface area (Å²) in [4.78, 5) is 16.8. The molecule has 2 aromatic rings. The van der Waals surface area contributed by atoms with Crippen molar-refractivity contribution in [3.8, 4) is 11.5 Å².